The number of anilines is 1. The number of nitrogens with one attached hydrogen (secondary N) is 1. The number of hydrogen-bond donors (Lipinski definition) is 2. The molecule has 0 bridgehead atoms. The van der Waals surface area contributed by atoms with Gasteiger partial charge in [-0.15, -0.1) is 24.0 Å². The van der Waals surface area contributed by atoms with Gasteiger partial charge in [0, 0.05) is 25.8 Å². The topological polar surface area (TPSA) is 53.6 Å². The Bertz CT molecular complexity index is 417. The molecule has 112 valence electrons. The summed E-state index contributed by atoms with van der Waals surface area (Å²) in [4.78, 5) is 6.39. The van der Waals surface area contributed by atoms with Crippen molar-refractivity contribution in [3.8, 4) is 0 Å². The van der Waals surface area contributed by atoms with Crippen molar-refractivity contribution in [2.24, 2.45) is 10.7 Å². The van der Waals surface area contributed by atoms with Crippen LogP contribution in [-0.4, -0.2) is 32.6 Å². The van der Waals surface area contributed by atoms with Gasteiger partial charge >= 0.3 is 0 Å². The molecule has 1 aromatic carbocycles. The number of nitrogens with two attached hydrogens (primary N) is 1. The van der Waals surface area contributed by atoms with Gasteiger partial charge in [-0.05, 0) is 25.5 Å². The van der Waals surface area contributed by atoms with E-state index >= 15 is 0 Å². The number of guanidine groups is 1. The zero-order valence-electron chi connectivity index (χ0n) is 12.3. The number of aliphatic imine (C=N–C) groups is 1. The summed E-state index contributed by atoms with van der Waals surface area (Å²) >= 11 is 0. The van der Waals surface area contributed by atoms with Gasteiger partial charge in [-0.2, -0.15) is 0 Å². The van der Waals surface area contributed by atoms with E-state index in [1.54, 1.807) is 0 Å². The normalized spacial score (nSPS) is 10.6. The Morgan fingerprint density at radius 3 is 2.60 bits per heavy atom. The highest BCUT2D eigenvalue weighted by molar-refractivity contribution is 14.0. The summed E-state index contributed by atoms with van der Waals surface area (Å²) in [6.07, 6.45) is 1.01. The zero-order chi connectivity index (χ0) is 14.1. The second-order valence-corrected chi connectivity index (χ2v) is 4.70. The van der Waals surface area contributed by atoms with Crippen molar-refractivity contribution in [3.05, 3.63) is 42.5 Å². The first-order valence-corrected chi connectivity index (χ1v) is 6.54. The minimum atomic E-state index is 0. The van der Waals surface area contributed by atoms with Crippen molar-refractivity contribution < 1.29 is 0 Å². The van der Waals surface area contributed by atoms with Crippen molar-refractivity contribution in [2.75, 3.05) is 31.6 Å². The van der Waals surface area contributed by atoms with Crippen molar-refractivity contribution in [3.63, 3.8) is 0 Å². The van der Waals surface area contributed by atoms with Gasteiger partial charge in [0.2, 0.25) is 0 Å². The predicted octanol–water partition coefficient (Wildman–Crippen LogP) is 2.61. The van der Waals surface area contributed by atoms with Crippen LogP contribution < -0.4 is 16.0 Å². The Labute approximate surface area is 139 Å². The van der Waals surface area contributed by atoms with Gasteiger partial charge in [-0.25, -0.2) is 4.99 Å². The average Bonchev–Trinajstić information content (AvgIpc) is 2.42. The summed E-state index contributed by atoms with van der Waals surface area (Å²) in [5.41, 5.74) is 7.97. The fourth-order valence-corrected chi connectivity index (χ4v) is 1.62. The highest BCUT2D eigenvalue weighted by Gasteiger charge is 1.99. The van der Waals surface area contributed by atoms with Crippen LogP contribution in [0.3, 0.4) is 0 Å². The lowest BCUT2D eigenvalue weighted by Gasteiger charge is -2.19. The van der Waals surface area contributed by atoms with Crippen LogP contribution in [0, 0.1) is 0 Å². The molecule has 0 aliphatic carbocycles. The molecule has 0 spiro atoms. The first kappa shape index (κ1) is 18.8. The molecule has 0 aromatic heterocycles. The summed E-state index contributed by atoms with van der Waals surface area (Å²) < 4.78 is 0. The lowest BCUT2D eigenvalue weighted by atomic mass is 10.3. The number of para-hydroxylation sites is 1. The largest absolute Gasteiger partial charge is 0.375 e. The zero-order valence-corrected chi connectivity index (χ0v) is 14.6. The van der Waals surface area contributed by atoms with E-state index in [1.165, 1.54) is 5.69 Å². The third kappa shape index (κ3) is 8.04. The first-order valence-electron chi connectivity index (χ1n) is 6.54. The van der Waals surface area contributed by atoms with E-state index in [9.17, 15) is 0 Å². The van der Waals surface area contributed by atoms with E-state index in [0.717, 1.165) is 25.1 Å². The Morgan fingerprint density at radius 1 is 1.35 bits per heavy atom. The van der Waals surface area contributed by atoms with Gasteiger partial charge in [-0.1, -0.05) is 30.4 Å². The smallest absolute Gasteiger partial charge is 0.188 e. The Morgan fingerprint density at radius 2 is 2.00 bits per heavy atom. The molecule has 0 fully saturated rings. The molecule has 0 atom stereocenters. The van der Waals surface area contributed by atoms with Crippen LogP contribution in [0.5, 0.6) is 0 Å². The standard InChI is InChI=1S/C15H24N4.HI/c1-13(2)12-18-15(16)17-10-7-11-19(3)14-8-5-4-6-9-14;/h4-6,8-9H,1,7,10-12H2,2-3H3,(H3,16,17,18);1H. The van der Waals surface area contributed by atoms with Gasteiger partial charge in [-0.3, -0.25) is 0 Å². The molecule has 0 radical (unpaired) electrons. The maximum atomic E-state index is 5.73. The minimum absolute atomic E-state index is 0. The van der Waals surface area contributed by atoms with Crippen LogP contribution in [0.4, 0.5) is 5.69 Å². The second-order valence-electron chi connectivity index (χ2n) is 4.70. The van der Waals surface area contributed by atoms with Gasteiger partial charge in [0.25, 0.3) is 0 Å². The van der Waals surface area contributed by atoms with Gasteiger partial charge in [0.15, 0.2) is 5.96 Å². The summed E-state index contributed by atoms with van der Waals surface area (Å²) in [7, 11) is 2.09. The molecule has 0 aliphatic heterocycles. The number of hydrogen-bond acceptors (Lipinski definition) is 2. The summed E-state index contributed by atoms with van der Waals surface area (Å²) in [5.74, 6) is 0.491. The molecule has 4 nitrogen and oxygen atoms in total. The molecule has 1 aromatic rings. The highest BCUT2D eigenvalue weighted by atomic mass is 127. The quantitative estimate of drug-likeness (QED) is 0.248. The Kier molecular flexibility index (Phi) is 9.88. The number of halogens is 1. The third-order valence-electron chi connectivity index (χ3n) is 2.69. The monoisotopic (exact) mass is 388 g/mol. The molecule has 0 unspecified atom stereocenters. The minimum Gasteiger partial charge on any atom is -0.375 e. The van der Waals surface area contributed by atoms with E-state index in [1.807, 2.05) is 25.1 Å². The molecule has 5 heteroatoms. The van der Waals surface area contributed by atoms with Gasteiger partial charge < -0.3 is 16.0 Å². The molecule has 20 heavy (non-hydrogen) atoms. The van der Waals surface area contributed by atoms with Crippen LogP contribution >= 0.6 is 24.0 Å². The van der Waals surface area contributed by atoms with E-state index < -0.39 is 0 Å². The SMILES string of the molecule is C=C(C)CN=C(N)NCCCN(C)c1ccccc1.I. The summed E-state index contributed by atoms with van der Waals surface area (Å²) in [5, 5.41) is 3.10. The second kappa shape index (κ2) is 10.5. The van der Waals surface area contributed by atoms with Gasteiger partial charge in [0.05, 0.1) is 6.54 Å². The molecule has 3 N–H and O–H groups in total. The molecule has 0 saturated heterocycles. The number of benzene rings is 1. The summed E-state index contributed by atoms with van der Waals surface area (Å²) in [6.45, 7) is 8.10. The van der Waals surface area contributed by atoms with Crippen LogP contribution in [0.25, 0.3) is 0 Å². The molecular weight excluding hydrogens is 363 g/mol. The predicted molar refractivity (Wildman–Crippen MR) is 99.1 cm³/mol. The van der Waals surface area contributed by atoms with Crippen molar-refractivity contribution in [1.82, 2.24) is 5.32 Å². The molecular formula is C15H25IN4. The molecule has 0 heterocycles. The molecule has 0 amide bonds. The molecule has 0 aliphatic rings. The van der Waals surface area contributed by atoms with Crippen molar-refractivity contribution >= 4 is 35.6 Å². The van der Waals surface area contributed by atoms with Crippen LogP contribution in [-0.2, 0) is 0 Å². The average molecular weight is 388 g/mol. The molecule has 1 rings (SSSR count). The maximum Gasteiger partial charge on any atom is 0.188 e. The lowest BCUT2D eigenvalue weighted by Crippen LogP contribution is -2.34. The number of rotatable bonds is 7. The molecule has 0 saturated carbocycles. The number of nitrogens with zero attached hydrogens (tertiary/aromatic N) is 2. The van der Waals surface area contributed by atoms with Gasteiger partial charge in [0.1, 0.15) is 0 Å². The highest BCUT2D eigenvalue weighted by Crippen LogP contribution is 2.10. The van der Waals surface area contributed by atoms with E-state index in [2.05, 4.69) is 41.0 Å². The van der Waals surface area contributed by atoms with Crippen molar-refractivity contribution in [2.45, 2.75) is 13.3 Å². The van der Waals surface area contributed by atoms with Crippen molar-refractivity contribution in [1.29, 1.82) is 0 Å². The van der Waals surface area contributed by atoms with E-state index in [-0.39, 0.29) is 24.0 Å². The van der Waals surface area contributed by atoms with E-state index in [0.29, 0.717) is 12.5 Å². The lowest BCUT2D eigenvalue weighted by molar-refractivity contribution is 0.748. The van der Waals surface area contributed by atoms with Crippen LogP contribution in [0.15, 0.2) is 47.5 Å². The maximum absolute atomic E-state index is 5.73. The third-order valence-corrected chi connectivity index (χ3v) is 2.69. The Balaban J connectivity index is 0.00000361. The Hall–Kier alpha value is -1.24. The van der Waals surface area contributed by atoms with Crippen LogP contribution in [0.1, 0.15) is 13.3 Å². The van der Waals surface area contributed by atoms with E-state index in [4.69, 9.17) is 5.73 Å². The first-order chi connectivity index (χ1) is 9.09. The summed E-state index contributed by atoms with van der Waals surface area (Å²) in [6, 6.07) is 10.3. The fraction of sp³-hybridized carbons (Fsp3) is 0.400. The van der Waals surface area contributed by atoms with Crippen LogP contribution in [0.2, 0.25) is 0 Å². The fourth-order valence-electron chi connectivity index (χ4n) is 1.62.